The second kappa shape index (κ2) is 4.68. The van der Waals surface area contributed by atoms with Crippen molar-refractivity contribution in [3.63, 3.8) is 0 Å². The van der Waals surface area contributed by atoms with Gasteiger partial charge in [0.05, 0.1) is 0 Å². The molecule has 1 fully saturated rings. The number of nitrogens with two attached hydrogens (primary N) is 1. The van der Waals surface area contributed by atoms with Crippen LogP contribution in [0.4, 0.5) is 11.6 Å². The highest BCUT2D eigenvalue weighted by molar-refractivity contribution is 5.56. The van der Waals surface area contributed by atoms with E-state index in [2.05, 4.69) is 28.8 Å². The van der Waals surface area contributed by atoms with Gasteiger partial charge in [0.2, 0.25) is 0 Å². The summed E-state index contributed by atoms with van der Waals surface area (Å²) < 4.78 is 0. The molecule has 88 valence electrons. The topological polar surface area (TPSA) is 55.0 Å². The summed E-state index contributed by atoms with van der Waals surface area (Å²) in [6.45, 7) is 3.24. The Hall–Kier alpha value is -1.32. The van der Waals surface area contributed by atoms with Gasteiger partial charge in [-0.05, 0) is 25.2 Å². The van der Waals surface area contributed by atoms with E-state index in [0.717, 1.165) is 36.7 Å². The molecule has 0 bridgehead atoms. The van der Waals surface area contributed by atoms with Crippen molar-refractivity contribution < 1.29 is 0 Å². The fraction of sp³-hybridized carbons (Fsp3) is 0.667. The first kappa shape index (κ1) is 11.2. The van der Waals surface area contributed by atoms with Crippen LogP contribution in [0.3, 0.4) is 0 Å². The monoisotopic (exact) mass is 220 g/mol. The fourth-order valence-corrected chi connectivity index (χ4v) is 2.01. The highest BCUT2D eigenvalue weighted by atomic mass is 15.2. The van der Waals surface area contributed by atoms with Crippen molar-refractivity contribution >= 4 is 11.6 Å². The van der Waals surface area contributed by atoms with E-state index in [1.807, 2.05) is 0 Å². The van der Waals surface area contributed by atoms with Gasteiger partial charge in [-0.3, -0.25) is 0 Å². The van der Waals surface area contributed by atoms with E-state index in [1.54, 1.807) is 6.33 Å². The Labute approximate surface area is 96.9 Å². The van der Waals surface area contributed by atoms with Crippen molar-refractivity contribution in [2.75, 3.05) is 24.2 Å². The van der Waals surface area contributed by atoms with Crippen LogP contribution in [0.5, 0.6) is 0 Å². The van der Waals surface area contributed by atoms with Gasteiger partial charge in [0.1, 0.15) is 18.0 Å². The maximum absolute atomic E-state index is 5.91. The first-order valence-corrected chi connectivity index (χ1v) is 6.02. The summed E-state index contributed by atoms with van der Waals surface area (Å²) in [6, 6.07) is 0. The minimum Gasteiger partial charge on any atom is -0.383 e. The molecule has 1 aromatic rings. The van der Waals surface area contributed by atoms with Gasteiger partial charge in [-0.2, -0.15) is 0 Å². The molecule has 0 spiro atoms. The van der Waals surface area contributed by atoms with Crippen molar-refractivity contribution in [1.82, 2.24) is 9.97 Å². The van der Waals surface area contributed by atoms with Crippen LogP contribution in [0.2, 0.25) is 0 Å². The van der Waals surface area contributed by atoms with Crippen molar-refractivity contribution in [2.24, 2.45) is 5.92 Å². The molecule has 0 radical (unpaired) electrons. The van der Waals surface area contributed by atoms with Gasteiger partial charge >= 0.3 is 0 Å². The predicted molar refractivity (Wildman–Crippen MR) is 66.4 cm³/mol. The Morgan fingerprint density at radius 1 is 1.44 bits per heavy atom. The van der Waals surface area contributed by atoms with Crippen LogP contribution < -0.4 is 10.6 Å². The third-order valence-electron chi connectivity index (χ3n) is 3.05. The number of nitrogens with zero attached hydrogens (tertiary/aromatic N) is 3. The van der Waals surface area contributed by atoms with E-state index in [1.165, 1.54) is 12.8 Å². The normalized spacial score (nSPS) is 15.1. The van der Waals surface area contributed by atoms with Crippen molar-refractivity contribution in [3.8, 4) is 0 Å². The number of hydrogen-bond donors (Lipinski definition) is 1. The van der Waals surface area contributed by atoms with E-state index >= 15 is 0 Å². The number of rotatable bonds is 5. The lowest BCUT2D eigenvalue weighted by Gasteiger charge is -2.21. The lowest BCUT2D eigenvalue weighted by atomic mass is 10.1. The fourth-order valence-electron chi connectivity index (χ4n) is 2.01. The largest absolute Gasteiger partial charge is 0.383 e. The van der Waals surface area contributed by atoms with E-state index in [0.29, 0.717) is 5.82 Å². The second-order valence-corrected chi connectivity index (χ2v) is 4.63. The van der Waals surface area contributed by atoms with Crippen LogP contribution in [0.15, 0.2) is 6.33 Å². The van der Waals surface area contributed by atoms with Gasteiger partial charge < -0.3 is 10.6 Å². The van der Waals surface area contributed by atoms with Gasteiger partial charge in [0.25, 0.3) is 0 Å². The van der Waals surface area contributed by atoms with Crippen molar-refractivity contribution in [1.29, 1.82) is 0 Å². The lowest BCUT2D eigenvalue weighted by molar-refractivity contribution is 0.765. The summed E-state index contributed by atoms with van der Waals surface area (Å²) in [7, 11) is 2.10. The van der Waals surface area contributed by atoms with Crippen LogP contribution in [0.25, 0.3) is 0 Å². The molecule has 0 unspecified atom stereocenters. The Morgan fingerprint density at radius 3 is 2.81 bits per heavy atom. The molecular formula is C12H20N4. The Morgan fingerprint density at radius 2 is 2.19 bits per heavy atom. The smallest absolute Gasteiger partial charge is 0.137 e. The molecule has 1 aliphatic rings. The SMILES string of the molecule is CCCc1c(N)ncnc1N(C)CC1CC1. The summed E-state index contributed by atoms with van der Waals surface area (Å²) in [5.74, 6) is 2.51. The highest BCUT2D eigenvalue weighted by Crippen LogP contribution is 2.31. The Bertz CT molecular complexity index is 360. The van der Waals surface area contributed by atoms with Crippen molar-refractivity contribution in [2.45, 2.75) is 32.6 Å². The Kier molecular flexibility index (Phi) is 3.27. The summed E-state index contributed by atoms with van der Waals surface area (Å²) in [6.07, 6.45) is 6.30. The molecule has 1 aromatic heterocycles. The molecule has 0 aromatic carbocycles. The van der Waals surface area contributed by atoms with Crippen LogP contribution in [0.1, 0.15) is 31.7 Å². The zero-order valence-electron chi connectivity index (χ0n) is 10.1. The van der Waals surface area contributed by atoms with Gasteiger partial charge in [0.15, 0.2) is 0 Å². The summed E-state index contributed by atoms with van der Waals surface area (Å²) in [5.41, 5.74) is 7.02. The highest BCUT2D eigenvalue weighted by Gasteiger charge is 2.24. The molecule has 0 aliphatic heterocycles. The van der Waals surface area contributed by atoms with E-state index in [4.69, 9.17) is 5.73 Å². The van der Waals surface area contributed by atoms with E-state index in [9.17, 15) is 0 Å². The quantitative estimate of drug-likeness (QED) is 0.823. The molecule has 0 amide bonds. The molecule has 4 nitrogen and oxygen atoms in total. The number of hydrogen-bond acceptors (Lipinski definition) is 4. The van der Waals surface area contributed by atoms with E-state index < -0.39 is 0 Å². The number of aromatic nitrogens is 2. The molecular weight excluding hydrogens is 200 g/mol. The van der Waals surface area contributed by atoms with Gasteiger partial charge in [-0.1, -0.05) is 13.3 Å². The van der Waals surface area contributed by atoms with Gasteiger partial charge in [-0.25, -0.2) is 9.97 Å². The molecule has 0 atom stereocenters. The average Bonchev–Trinajstić information content (AvgIpc) is 3.05. The summed E-state index contributed by atoms with van der Waals surface area (Å²) in [5, 5.41) is 0. The zero-order valence-corrected chi connectivity index (χ0v) is 10.1. The van der Waals surface area contributed by atoms with Crippen LogP contribution in [-0.2, 0) is 6.42 Å². The van der Waals surface area contributed by atoms with Crippen LogP contribution in [0, 0.1) is 5.92 Å². The molecule has 0 saturated heterocycles. The maximum atomic E-state index is 5.91. The number of anilines is 2. The molecule has 2 N–H and O–H groups in total. The first-order chi connectivity index (χ1) is 7.72. The lowest BCUT2D eigenvalue weighted by Crippen LogP contribution is -2.23. The Balaban J connectivity index is 2.19. The van der Waals surface area contributed by atoms with E-state index in [-0.39, 0.29) is 0 Å². The predicted octanol–water partition coefficient (Wildman–Crippen LogP) is 1.86. The third-order valence-corrected chi connectivity index (χ3v) is 3.05. The molecule has 1 saturated carbocycles. The molecule has 2 rings (SSSR count). The molecule has 16 heavy (non-hydrogen) atoms. The molecule has 4 heteroatoms. The van der Waals surface area contributed by atoms with Crippen LogP contribution >= 0.6 is 0 Å². The van der Waals surface area contributed by atoms with Crippen LogP contribution in [-0.4, -0.2) is 23.6 Å². The molecule has 1 aliphatic carbocycles. The third kappa shape index (κ3) is 2.43. The van der Waals surface area contributed by atoms with Gasteiger partial charge in [0, 0.05) is 19.2 Å². The summed E-state index contributed by atoms with van der Waals surface area (Å²) >= 11 is 0. The average molecular weight is 220 g/mol. The molecule has 1 heterocycles. The minimum atomic E-state index is 0.634. The minimum absolute atomic E-state index is 0.634. The summed E-state index contributed by atoms with van der Waals surface area (Å²) in [4.78, 5) is 10.7. The standard InChI is InChI=1S/C12H20N4/c1-3-4-10-11(13)14-8-15-12(10)16(2)7-9-5-6-9/h8-9H,3-7H2,1-2H3,(H2,13,14,15). The van der Waals surface area contributed by atoms with Crippen molar-refractivity contribution in [3.05, 3.63) is 11.9 Å². The second-order valence-electron chi connectivity index (χ2n) is 4.63. The number of nitrogen functional groups attached to an aromatic ring is 1. The maximum Gasteiger partial charge on any atom is 0.137 e. The zero-order chi connectivity index (χ0) is 11.5. The first-order valence-electron chi connectivity index (χ1n) is 6.02. The van der Waals surface area contributed by atoms with Gasteiger partial charge in [-0.15, -0.1) is 0 Å².